The molecule has 3 aromatic heterocycles. The topological polar surface area (TPSA) is 147 Å². The van der Waals surface area contributed by atoms with Gasteiger partial charge in [0, 0.05) is 5.92 Å². The summed E-state index contributed by atoms with van der Waals surface area (Å²) >= 11 is 0. The summed E-state index contributed by atoms with van der Waals surface area (Å²) in [6.45, 7) is -0.156. The van der Waals surface area contributed by atoms with Crippen LogP contribution in [0.2, 0.25) is 0 Å². The van der Waals surface area contributed by atoms with Crippen LogP contribution in [-0.4, -0.2) is 43.4 Å². The molecule has 11 heteroatoms. The molecule has 1 aromatic carbocycles. The summed E-state index contributed by atoms with van der Waals surface area (Å²) in [5.41, 5.74) is 2.18. The first-order valence-electron chi connectivity index (χ1n) is 10.7. The monoisotopic (exact) mass is 483 g/mol. The van der Waals surface area contributed by atoms with Crippen LogP contribution in [0.5, 0.6) is 5.75 Å². The van der Waals surface area contributed by atoms with Gasteiger partial charge in [-0.15, -0.1) is 0 Å². The molecule has 4 aromatic rings. The van der Waals surface area contributed by atoms with Crippen molar-refractivity contribution in [1.29, 1.82) is 0 Å². The lowest BCUT2D eigenvalue weighted by atomic mass is 10.0. The first kappa shape index (κ1) is 22.4. The van der Waals surface area contributed by atoms with Gasteiger partial charge in [0.2, 0.25) is 11.4 Å². The standard InChI is InChI=1S/C23H22N3O7P/c27-10-11-32-18-7-6-15(12-16(18)19-8-9-22(33-19)34(29,30)31)17-2-1-3-21-24-20(13-26(17)21)25-23(28)14-4-5-14/h1-3,6-9,12-14,27H,4-5,10-11H2,(H,25,28)(H2,29,30,31). The van der Waals surface area contributed by atoms with E-state index >= 15 is 0 Å². The third-order valence-electron chi connectivity index (χ3n) is 5.46. The highest BCUT2D eigenvalue weighted by atomic mass is 31.2. The van der Waals surface area contributed by atoms with E-state index in [4.69, 9.17) is 14.3 Å². The lowest BCUT2D eigenvalue weighted by Crippen LogP contribution is -2.13. The van der Waals surface area contributed by atoms with Gasteiger partial charge >= 0.3 is 7.60 Å². The highest BCUT2D eigenvalue weighted by Gasteiger charge is 2.30. The summed E-state index contributed by atoms with van der Waals surface area (Å²) < 4.78 is 24.5. The molecule has 3 heterocycles. The van der Waals surface area contributed by atoms with Crippen molar-refractivity contribution in [2.75, 3.05) is 18.5 Å². The Hall–Kier alpha value is -3.43. The van der Waals surface area contributed by atoms with Gasteiger partial charge in [-0.05, 0) is 60.9 Å². The summed E-state index contributed by atoms with van der Waals surface area (Å²) in [7, 11) is -4.56. The smallest absolute Gasteiger partial charge is 0.391 e. The SMILES string of the molecule is O=C(Nc1cn2c(-c3ccc(OCCO)c(-c4ccc(P(=O)(O)O)o4)c3)cccc2n1)C1CC1. The molecule has 1 aliphatic rings. The fourth-order valence-electron chi connectivity index (χ4n) is 3.67. The maximum Gasteiger partial charge on any atom is 0.391 e. The van der Waals surface area contributed by atoms with Crippen molar-refractivity contribution in [3.63, 3.8) is 0 Å². The third-order valence-corrected chi connectivity index (χ3v) is 6.27. The zero-order valence-electron chi connectivity index (χ0n) is 17.9. The number of imidazole rings is 1. The number of ether oxygens (including phenoxy) is 1. The fourth-order valence-corrected chi connectivity index (χ4v) is 4.16. The number of hydrogen-bond acceptors (Lipinski definition) is 6. The highest BCUT2D eigenvalue weighted by molar-refractivity contribution is 7.59. The molecule has 0 atom stereocenters. The average Bonchev–Trinajstić information content (AvgIpc) is 3.38. The molecule has 10 nitrogen and oxygen atoms in total. The first-order chi connectivity index (χ1) is 16.3. The molecule has 176 valence electrons. The molecule has 5 rings (SSSR count). The van der Waals surface area contributed by atoms with Crippen LogP contribution in [0, 0.1) is 5.92 Å². The Morgan fingerprint density at radius 2 is 2.03 bits per heavy atom. The minimum Gasteiger partial charge on any atom is -0.490 e. The van der Waals surface area contributed by atoms with E-state index in [9.17, 15) is 19.1 Å². The average molecular weight is 483 g/mol. The van der Waals surface area contributed by atoms with E-state index < -0.39 is 13.1 Å². The number of nitrogens with one attached hydrogen (secondary N) is 1. The summed E-state index contributed by atoms with van der Waals surface area (Å²) in [6, 6.07) is 13.5. The third kappa shape index (κ3) is 4.49. The van der Waals surface area contributed by atoms with Crippen LogP contribution < -0.4 is 15.6 Å². The summed E-state index contributed by atoms with van der Waals surface area (Å²) in [4.78, 5) is 35.5. The molecule has 0 saturated heterocycles. The van der Waals surface area contributed by atoms with Gasteiger partial charge in [-0.3, -0.25) is 13.8 Å². The van der Waals surface area contributed by atoms with Crippen molar-refractivity contribution in [3.8, 4) is 28.3 Å². The van der Waals surface area contributed by atoms with E-state index in [1.54, 1.807) is 18.3 Å². The Kier molecular flexibility index (Phi) is 5.75. The molecule has 1 fully saturated rings. The van der Waals surface area contributed by atoms with Crippen molar-refractivity contribution < 1.29 is 33.4 Å². The molecule has 34 heavy (non-hydrogen) atoms. The van der Waals surface area contributed by atoms with Gasteiger partial charge < -0.3 is 29.4 Å². The van der Waals surface area contributed by atoms with Crippen LogP contribution in [0.15, 0.2) is 59.1 Å². The number of aliphatic hydroxyl groups excluding tert-OH is 1. The van der Waals surface area contributed by atoms with Crippen LogP contribution in [-0.2, 0) is 9.36 Å². The molecular formula is C23H22N3O7P. The number of furan rings is 1. The number of aliphatic hydroxyl groups is 1. The van der Waals surface area contributed by atoms with E-state index in [0.717, 1.165) is 24.1 Å². The fraction of sp³-hybridized carbons (Fsp3) is 0.217. The van der Waals surface area contributed by atoms with E-state index in [2.05, 4.69) is 10.3 Å². The van der Waals surface area contributed by atoms with Gasteiger partial charge in [0.25, 0.3) is 0 Å². The predicted molar refractivity (Wildman–Crippen MR) is 124 cm³/mol. The number of benzene rings is 1. The van der Waals surface area contributed by atoms with Crippen LogP contribution in [0.4, 0.5) is 5.82 Å². The van der Waals surface area contributed by atoms with E-state index in [-0.39, 0.29) is 30.8 Å². The maximum absolute atomic E-state index is 12.1. The number of amides is 1. The minimum absolute atomic E-state index is 0.0312. The van der Waals surface area contributed by atoms with Crippen molar-refractivity contribution in [1.82, 2.24) is 9.38 Å². The number of anilines is 1. The molecule has 4 N–H and O–H groups in total. The Morgan fingerprint density at radius 3 is 2.74 bits per heavy atom. The second-order valence-corrected chi connectivity index (χ2v) is 9.52. The van der Waals surface area contributed by atoms with E-state index in [0.29, 0.717) is 22.8 Å². The number of carbonyl (C=O) groups is 1. The number of carbonyl (C=O) groups excluding carboxylic acids is 1. The van der Waals surface area contributed by atoms with Crippen molar-refractivity contribution >= 4 is 30.5 Å². The Balaban J connectivity index is 1.56. The maximum atomic E-state index is 12.1. The quantitative estimate of drug-likeness (QED) is 0.280. The van der Waals surface area contributed by atoms with E-state index in [1.165, 1.54) is 12.1 Å². The number of fused-ring (bicyclic) bond motifs is 1. The Morgan fingerprint density at radius 1 is 1.21 bits per heavy atom. The van der Waals surface area contributed by atoms with Crippen LogP contribution >= 0.6 is 7.60 Å². The van der Waals surface area contributed by atoms with Crippen molar-refractivity contribution in [2.24, 2.45) is 5.92 Å². The molecular weight excluding hydrogens is 461 g/mol. The van der Waals surface area contributed by atoms with E-state index in [1.807, 2.05) is 28.7 Å². The van der Waals surface area contributed by atoms with Crippen LogP contribution in [0.1, 0.15) is 12.8 Å². The second-order valence-electron chi connectivity index (χ2n) is 7.99. The van der Waals surface area contributed by atoms with Gasteiger partial charge in [-0.1, -0.05) is 6.07 Å². The number of pyridine rings is 1. The normalized spacial score (nSPS) is 13.9. The Labute approximate surface area is 194 Å². The summed E-state index contributed by atoms with van der Waals surface area (Å²) in [5.74, 6) is 1.09. The van der Waals surface area contributed by atoms with Gasteiger partial charge in [-0.2, -0.15) is 0 Å². The molecule has 0 aliphatic heterocycles. The number of aromatic nitrogens is 2. The molecule has 1 saturated carbocycles. The molecule has 0 radical (unpaired) electrons. The number of rotatable bonds is 8. The number of nitrogens with zero attached hydrogens (tertiary/aromatic N) is 2. The van der Waals surface area contributed by atoms with Gasteiger partial charge in [0.15, 0.2) is 5.82 Å². The lowest BCUT2D eigenvalue weighted by Gasteiger charge is -2.12. The zero-order chi connectivity index (χ0) is 23.9. The highest BCUT2D eigenvalue weighted by Crippen LogP contribution is 2.39. The van der Waals surface area contributed by atoms with Gasteiger partial charge in [-0.25, -0.2) is 4.98 Å². The molecule has 0 spiro atoms. The lowest BCUT2D eigenvalue weighted by molar-refractivity contribution is -0.117. The molecule has 0 unspecified atom stereocenters. The van der Waals surface area contributed by atoms with Gasteiger partial charge in [0.05, 0.1) is 24.1 Å². The predicted octanol–water partition coefficient (Wildman–Crippen LogP) is 2.78. The minimum atomic E-state index is -4.56. The molecule has 1 amide bonds. The van der Waals surface area contributed by atoms with Gasteiger partial charge in [0.1, 0.15) is 23.8 Å². The Bertz CT molecular complexity index is 1420. The second kappa shape index (κ2) is 8.73. The largest absolute Gasteiger partial charge is 0.490 e. The van der Waals surface area contributed by atoms with Crippen molar-refractivity contribution in [2.45, 2.75) is 12.8 Å². The first-order valence-corrected chi connectivity index (χ1v) is 12.3. The summed E-state index contributed by atoms with van der Waals surface area (Å²) in [5, 5.41) is 12.0. The van der Waals surface area contributed by atoms with Crippen LogP contribution in [0.25, 0.3) is 28.2 Å². The van der Waals surface area contributed by atoms with Crippen LogP contribution in [0.3, 0.4) is 0 Å². The van der Waals surface area contributed by atoms with Crippen molar-refractivity contribution in [3.05, 3.63) is 54.7 Å². The molecule has 0 bridgehead atoms. The zero-order valence-corrected chi connectivity index (χ0v) is 18.8. The number of hydrogen-bond donors (Lipinski definition) is 4. The molecule has 1 aliphatic carbocycles. The summed E-state index contributed by atoms with van der Waals surface area (Å²) in [6.07, 6.45) is 3.54.